The summed E-state index contributed by atoms with van der Waals surface area (Å²) in [6.07, 6.45) is 5.60. The molecule has 0 aromatic carbocycles. The van der Waals surface area contributed by atoms with Crippen LogP contribution in [-0.2, 0) is 4.79 Å². The van der Waals surface area contributed by atoms with Crippen molar-refractivity contribution < 1.29 is 4.79 Å². The van der Waals surface area contributed by atoms with Crippen molar-refractivity contribution in [3.63, 3.8) is 0 Å². The number of nitrogens with zero attached hydrogens (tertiary/aromatic N) is 1. The Morgan fingerprint density at radius 3 is 2.81 bits per heavy atom. The Hall–Kier alpha value is -0.570. The molecule has 0 aliphatic carbocycles. The lowest BCUT2D eigenvalue weighted by atomic mass is 9.93. The van der Waals surface area contributed by atoms with Gasteiger partial charge in [0.2, 0.25) is 5.91 Å². The van der Waals surface area contributed by atoms with E-state index in [4.69, 9.17) is 5.73 Å². The first-order valence-electron chi connectivity index (χ1n) is 6.71. The third kappa shape index (κ3) is 3.48. The van der Waals surface area contributed by atoms with Crippen LogP contribution < -0.4 is 5.73 Å². The summed E-state index contributed by atoms with van der Waals surface area (Å²) >= 11 is 0. The zero-order valence-corrected chi connectivity index (χ0v) is 10.7. The molecule has 1 aliphatic rings. The van der Waals surface area contributed by atoms with E-state index < -0.39 is 0 Å². The monoisotopic (exact) mass is 226 g/mol. The Bertz CT molecular complexity index is 218. The molecule has 0 spiro atoms. The minimum atomic E-state index is 0.0561. The summed E-state index contributed by atoms with van der Waals surface area (Å²) in [5.41, 5.74) is 5.69. The third-order valence-corrected chi connectivity index (χ3v) is 3.68. The molecule has 1 rings (SSSR count). The average Bonchev–Trinajstić information content (AvgIpc) is 2.35. The first-order chi connectivity index (χ1) is 7.72. The summed E-state index contributed by atoms with van der Waals surface area (Å²) in [6.45, 7) is 6.72. The van der Waals surface area contributed by atoms with Crippen LogP contribution in [0.4, 0.5) is 0 Å². The van der Waals surface area contributed by atoms with Gasteiger partial charge in [-0.15, -0.1) is 0 Å². The lowest BCUT2D eigenvalue weighted by Gasteiger charge is -2.34. The molecule has 1 saturated heterocycles. The van der Waals surface area contributed by atoms with E-state index in [0.29, 0.717) is 18.4 Å². The number of hydrogen-bond acceptors (Lipinski definition) is 2. The van der Waals surface area contributed by atoms with Crippen LogP contribution in [0.1, 0.15) is 46.0 Å². The molecule has 1 heterocycles. The van der Waals surface area contributed by atoms with Crippen LogP contribution >= 0.6 is 0 Å². The van der Waals surface area contributed by atoms with Crippen LogP contribution in [0.2, 0.25) is 0 Å². The van der Waals surface area contributed by atoms with Crippen LogP contribution in [0.25, 0.3) is 0 Å². The molecule has 94 valence electrons. The van der Waals surface area contributed by atoms with Crippen molar-refractivity contribution in [2.24, 2.45) is 17.6 Å². The molecule has 2 unspecified atom stereocenters. The van der Waals surface area contributed by atoms with Gasteiger partial charge in [-0.2, -0.15) is 0 Å². The maximum Gasteiger partial charge on any atom is 0.226 e. The minimum absolute atomic E-state index is 0.0561. The highest BCUT2D eigenvalue weighted by molar-refractivity contribution is 5.79. The highest BCUT2D eigenvalue weighted by Crippen LogP contribution is 2.21. The number of rotatable bonds is 5. The van der Waals surface area contributed by atoms with Gasteiger partial charge in [0, 0.05) is 19.6 Å². The summed E-state index contributed by atoms with van der Waals surface area (Å²) < 4.78 is 0. The van der Waals surface area contributed by atoms with E-state index in [1.165, 1.54) is 12.8 Å². The van der Waals surface area contributed by atoms with Gasteiger partial charge in [0.15, 0.2) is 0 Å². The average molecular weight is 226 g/mol. The zero-order valence-electron chi connectivity index (χ0n) is 10.7. The maximum atomic E-state index is 12.2. The first kappa shape index (κ1) is 13.5. The summed E-state index contributed by atoms with van der Waals surface area (Å²) in [5, 5.41) is 0. The van der Waals surface area contributed by atoms with Gasteiger partial charge in [-0.05, 0) is 25.2 Å². The van der Waals surface area contributed by atoms with Gasteiger partial charge in [-0.3, -0.25) is 4.79 Å². The highest BCUT2D eigenvalue weighted by atomic mass is 16.2. The molecule has 16 heavy (non-hydrogen) atoms. The Labute approximate surface area is 99.4 Å². The molecule has 1 aliphatic heterocycles. The largest absolute Gasteiger partial charge is 0.342 e. The zero-order chi connectivity index (χ0) is 12.0. The van der Waals surface area contributed by atoms with Crippen molar-refractivity contribution in [3.8, 4) is 0 Å². The lowest BCUT2D eigenvalue weighted by Crippen LogP contribution is -2.44. The van der Waals surface area contributed by atoms with Crippen molar-refractivity contribution in [1.29, 1.82) is 0 Å². The fraction of sp³-hybridized carbons (Fsp3) is 0.923. The molecule has 1 amide bonds. The van der Waals surface area contributed by atoms with Crippen molar-refractivity contribution >= 4 is 5.91 Å². The third-order valence-electron chi connectivity index (χ3n) is 3.68. The number of nitrogens with two attached hydrogens (primary N) is 1. The van der Waals surface area contributed by atoms with Crippen LogP contribution in [0, 0.1) is 11.8 Å². The molecule has 3 heteroatoms. The van der Waals surface area contributed by atoms with E-state index in [9.17, 15) is 4.79 Å². The van der Waals surface area contributed by atoms with Crippen LogP contribution in [-0.4, -0.2) is 30.4 Å². The second-order valence-electron chi connectivity index (χ2n) is 4.92. The maximum absolute atomic E-state index is 12.2. The van der Waals surface area contributed by atoms with Gasteiger partial charge >= 0.3 is 0 Å². The number of amides is 1. The SMILES string of the molecule is CCCC(CN)C(=O)N1CCCC(CC)C1. The summed E-state index contributed by atoms with van der Waals surface area (Å²) in [5.74, 6) is 1.06. The molecule has 0 saturated carbocycles. The smallest absolute Gasteiger partial charge is 0.226 e. The lowest BCUT2D eigenvalue weighted by molar-refractivity contribution is -0.137. The van der Waals surface area contributed by atoms with Gasteiger partial charge in [0.1, 0.15) is 0 Å². The van der Waals surface area contributed by atoms with Gasteiger partial charge in [-0.25, -0.2) is 0 Å². The molecule has 3 nitrogen and oxygen atoms in total. The van der Waals surface area contributed by atoms with Crippen LogP contribution in [0.3, 0.4) is 0 Å². The molecule has 2 atom stereocenters. The predicted molar refractivity (Wildman–Crippen MR) is 67.0 cm³/mol. The first-order valence-corrected chi connectivity index (χ1v) is 6.71. The van der Waals surface area contributed by atoms with Crippen molar-refractivity contribution in [2.45, 2.75) is 46.0 Å². The number of piperidine rings is 1. The van der Waals surface area contributed by atoms with Gasteiger partial charge in [0.05, 0.1) is 5.92 Å². The molecule has 2 N–H and O–H groups in total. The molecule has 1 fully saturated rings. The predicted octanol–water partition coefficient (Wildman–Crippen LogP) is 2.01. The normalized spacial score (nSPS) is 23.2. The van der Waals surface area contributed by atoms with Gasteiger partial charge in [-0.1, -0.05) is 26.7 Å². The van der Waals surface area contributed by atoms with Crippen LogP contribution in [0.15, 0.2) is 0 Å². The van der Waals surface area contributed by atoms with Crippen molar-refractivity contribution in [1.82, 2.24) is 4.90 Å². The second-order valence-corrected chi connectivity index (χ2v) is 4.92. The molecular formula is C13H26N2O. The highest BCUT2D eigenvalue weighted by Gasteiger charge is 2.26. The van der Waals surface area contributed by atoms with Gasteiger partial charge < -0.3 is 10.6 Å². The van der Waals surface area contributed by atoms with Crippen molar-refractivity contribution in [3.05, 3.63) is 0 Å². The number of carbonyl (C=O) groups excluding carboxylic acids is 1. The van der Waals surface area contributed by atoms with E-state index in [0.717, 1.165) is 32.4 Å². The summed E-state index contributed by atoms with van der Waals surface area (Å²) in [6, 6.07) is 0. The van der Waals surface area contributed by atoms with E-state index in [1.807, 2.05) is 4.90 Å². The standard InChI is InChI=1S/C13H26N2O/c1-3-6-12(9-14)13(16)15-8-5-7-11(4-2)10-15/h11-12H,3-10,14H2,1-2H3. The number of likely N-dealkylation sites (tertiary alicyclic amines) is 1. The minimum Gasteiger partial charge on any atom is -0.342 e. The Kier molecular flexibility index (Phi) is 5.81. The topological polar surface area (TPSA) is 46.3 Å². The molecule has 0 aromatic heterocycles. The van der Waals surface area contributed by atoms with Crippen molar-refractivity contribution in [2.75, 3.05) is 19.6 Å². The van der Waals surface area contributed by atoms with E-state index >= 15 is 0 Å². The molecule has 0 aromatic rings. The number of carbonyl (C=O) groups is 1. The van der Waals surface area contributed by atoms with Crippen LogP contribution in [0.5, 0.6) is 0 Å². The molecule has 0 bridgehead atoms. The fourth-order valence-electron chi connectivity index (χ4n) is 2.55. The summed E-state index contributed by atoms with van der Waals surface area (Å²) in [4.78, 5) is 14.3. The second kappa shape index (κ2) is 6.89. The molecular weight excluding hydrogens is 200 g/mol. The fourth-order valence-corrected chi connectivity index (χ4v) is 2.55. The quantitative estimate of drug-likeness (QED) is 0.779. The molecule has 0 radical (unpaired) electrons. The number of hydrogen-bond donors (Lipinski definition) is 1. The van der Waals surface area contributed by atoms with Gasteiger partial charge in [0.25, 0.3) is 0 Å². The van der Waals surface area contributed by atoms with E-state index in [-0.39, 0.29) is 5.92 Å². The summed E-state index contributed by atoms with van der Waals surface area (Å²) in [7, 11) is 0. The Morgan fingerprint density at radius 1 is 1.50 bits per heavy atom. The Morgan fingerprint density at radius 2 is 2.25 bits per heavy atom. The Balaban J connectivity index is 2.51. The van der Waals surface area contributed by atoms with E-state index in [2.05, 4.69) is 13.8 Å². The van der Waals surface area contributed by atoms with E-state index in [1.54, 1.807) is 0 Å².